The summed E-state index contributed by atoms with van der Waals surface area (Å²) in [5.74, 6) is 5.45. The molecule has 56 heavy (non-hydrogen) atoms. The van der Waals surface area contributed by atoms with Gasteiger partial charge in [-0.15, -0.1) is 0 Å². The van der Waals surface area contributed by atoms with Gasteiger partial charge in [-0.25, -0.2) is 19.9 Å². The number of benzene rings is 3. The highest BCUT2D eigenvalue weighted by Gasteiger charge is 2.50. The summed E-state index contributed by atoms with van der Waals surface area (Å²) in [7, 11) is 0. The molecule has 0 N–H and O–H groups in total. The zero-order chi connectivity index (χ0) is 36.8. The molecular formula is C47H39N9. The Bertz CT molecular complexity index is 2750. The minimum absolute atomic E-state index is 0.402. The van der Waals surface area contributed by atoms with Gasteiger partial charge in [0.05, 0.1) is 5.69 Å². The van der Waals surface area contributed by atoms with E-state index in [-0.39, 0.29) is 0 Å². The van der Waals surface area contributed by atoms with E-state index in [0.29, 0.717) is 30.2 Å². The van der Waals surface area contributed by atoms with E-state index in [2.05, 4.69) is 130 Å². The first kappa shape index (κ1) is 31.8. The molecule has 0 amide bonds. The molecule has 0 bridgehead atoms. The van der Waals surface area contributed by atoms with Gasteiger partial charge in [0.15, 0.2) is 11.5 Å². The maximum absolute atomic E-state index is 5.49. The fraction of sp³-hybridized carbons (Fsp3) is 0.234. The number of fused-ring (bicyclic) bond motifs is 5. The van der Waals surface area contributed by atoms with Crippen LogP contribution in [-0.2, 0) is 0 Å². The third-order valence-electron chi connectivity index (χ3n) is 12.3. The Morgan fingerprint density at radius 2 is 1.50 bits per heavy atom. The van der Waals surface area contributed by atoms with Crippen LogP contribution in [0.4, 0.5) is 5.82 Å². The van der Waals surface area contributed by atoms with Crippen molar-refractivity contribution in [2.24, 2.45) is 32.7 Å². The fourth-order valence-electron chi connectivity index (χ4n) is 9.37. The molecule has 1 spiro atoms. The van der Waals surface area contributed by atoms with E-state index in [0.717, 1.165) is 100 Å². The maximum Gasteiger partial charge on any atom is 0.164 e. The van der Waals surface area contributed by atoms with Crippen LogP contribution in [-0.4, -0.2) is 59.5 Å². The average Bonchev–Trinajstić information content (AvgIpc) is 4.17. The van der Waals surface area contributed by atoms with E-state index < -0.39 is 5.66 Å². The molecule has 9 nitrogen and oxygen atoms in total. The predicted octanol–water partition coefficient (Wildman–Crippen LogP) is 9.42. The summed E-state index contributed by atoms with van der Waals surface area (Å²) in [6.45, 7) is 0.685. The summed E-state index contributed by atoms with van der Waals surface area (Å²) < 4.78 is 4.42. The Labute approximate surface area is 324 Å². The van der Waals surface area contributed by atoms with Crippen molar-refractivity contribution in [2.45, 2.75) is 43.7 Å². The van der Waals surface area contributed by atoms with Gasteiger partial charge in [-0.05, 0) is 79.4 Å². The smallest absolute Gasteiger partial charge is 0.164 e. The van der Waals surface area contributed by atoms with Crippen LogP contribution < -0.4 is 0 Å². The lowest BCUT2D eigenvalue weighted by Gasteiger charge is -2.46. The number of pyridine rings is 1. The molecule has 272 valence electrons. The molecule has 9 heteroatoms. The number of allylic oxidation sites excluding steroid dienone is 5. The summed E-state index contributed by atoms with van der Waals surface area (Å²) >= 11 is 0. The molecular weight excluding hydrogens is 691 g/mol. The lowest BCUT2D eigenvalue weighted by molar-refractivity contribution is 0.192. The van der Waals surface area contributed by atoms with Gasteiger partial charge in [0.25, 0.3) is 0 Å². The van der Waals surface area contributed by atoms with E-state index in [9.17, 15) is 0 Å². The van der Waals surface area contributed by atoms with Crippen molar-refractivity contribution in [3.8, 4) is 34.2 Å². The number of amidine groups is 1. The maximum atomic E-state index is 5.49. The van der Waals surface area contributed by atoms with E-state index in [1.807, 2.05) is 24.4 Å². The van der Waals surface area contributed by atoms with Gasteiger partial charge in [-0.3, -0.25) is 19.1 Å². The van der Waals surface area contributed by atoms with Crippen LogP contribution >= 0.6 is 0 Å². The Hall–Kier alpha value is -6.48. The molecule has 12 rings (SSSR count). The van der Waals surface area contributed by atoms with E-state index in [1.54, 1.807) is 0 Å². The van der Waals surface area contributed by atoms with Crippen LogP contribution in [0.2, 0.25) is 0 Å². The largest absolute Gasteiger partial charge is 0.304 e. The first-order chi connectivity index (χ1) is 27.7. The van der Waals surface area contributed by atoms with Crippen molar-refractivity contribution in [3.05, 3.63) is 145 Å². The van der Waals surface area contributed by atoms with Gasteiger partial charge in [0.1, 0.15) is 28.7 Å². The molecule has 3 aromatic heterocycles. The van der Waals surface area contributed by atoms with Gasteiger partial charge >= 0.3 is 0 Å². The highest BCUT2D eigenvalue weighted by molar-refractivity contribution is 6.03. The Morgan fingerprint density at radius 1 is 0.732 bits per heavy atom. The predicted molar refractivity (Wildman–Crippen MR) is 222 cm³/mol. The highest BCUT2D eigenvalue weighted by Crippen LogP contribution is 2.54. The molecule has 5 unspecified atom stereocenters. The number of imidazole rings is 2. The van der Waals surface area contributed by atoms with Crippen LogP contribution in [0.15, 0.2) is 148 Å². The topological polar surface area (TPSA) is 88.8 Å². The fourth-order valence-corrected chi connectivity index (χ4v) is 9.37. The summed E-state index contributed by atoms with van der Waals surface area (Å²) in [6.07, 6.45) is 22.3. The molecule has 2 fully saturated rings. The molecule has 6 aliphatic rings. The van der Waals surface area contributed by atoms with Crippen molar-refractivity contribution in [1.82, 2.24) is 29.0 Å². The number of hydrogen-bond acceptors (Lipinski definition) is 7. The van der Waals surface area contributed by atoms with E-state index in [1.165, 1.54) is 5.70 Å². The van der Waals surface area contributed by atoms with Gasteiger partial charge in [-0.1, -0.05) is 60.7 Å². The second-order valence-corrected chi connectivity index (χ2v) is 15.8. The number of rotatable bonds is 6. The number of nitrogens with zero attached hydrogens (tertiary/aromatic N) is 9. The third kappa shape index (κ3) is 4.99. The van der Waals surface area contributed by atoms with Crippen LogP contribution in [0.1, 0.15) is 49.3 Å². The Kier molecular flexibility index (Phi) is 6.97. The third-order valence-corrected chi connectivity index (χ3v) is 12.3. The summed E-state index contributed by atoms with van der Waals surface area (Å²) in [4.78, 5) is 34.0. The molecule has 6 heterocycles. The summed E-state index contributed by atoms with van der Waals surface area (Å²) in [5, 5.41) is 0. The van der Waals surface area contributed by atoms with Gasteiger partial charge in [-0.2, -0.15) is 0 Å². The molecule has 6 aromatic rings. The zero-order valence-electron chi connectivity index (χ0n) is 30.9. The number of aromatic nitrogens is 5. The average molecular weight is 730 g/mol. The second kappa shape index (κ2) is 12.3. The quantitative estimate of drug-likeness (QED) is 0.160. The molecule has 0 radical (unpaired) electrons. The number of hydrogen-bond donors (Lipinski definition) is 0. The second-order valence-electron chi connectivity index (χ2n) is 15.8. The molecule has 3 aliphatic carbocycles. The summed E-state index contributed by atoms with van der Waals surface area (Å²) in [6, 6.07) is 31.8. The van der Waals surface area contributed by atoms with Crippen LogP contribution in [0.5, 0.6) is 0 Å². The minimum atomic E-state index is -0.456. The summed E-state index contributed by atoms with van der Waals surface area (Å²) in [5.41, 5.74) is 8.58. The monoisotopic (exact) mass is 729 g/mol. The van der Waals surface area contributed by atoms with Crippen LogP contribution in [0, 0.1) is 17.8 Å². The SMILES string of the molecule is C1=CC2CC2C(N2C(c3cc(-c4nc5c(n4-c4ccccc4)N=CC4CC54)cc(-c4nc5cccnc5n4-c4ccccc4)c3)=NCCC23CC=CCC=N3)=C1. The minimum Gasteiger partial charge on any atom is -0.304 e. The van der Waals surface area contributed by atoms with Crippen molar-refractivity contribution in [1.29, 1.82) is 0 Å². The normalized spacial score (nSPS) is 25.4. The highest BCUT2D eigenvalue weighted by atomic mass is 15.4. The lowest BCUT2D eigenvalue weighted by atomic mass is 9.92. The van der Waals surface area contributed by atoms with E-state index >= 15 is 0 Å². The Balaban J connectivity index is 1.13. The molecule has 2 saturated carbocycles. The van der Waals surface area contributed by atoms with Crippen molar-refractivity contribution in [3.63, 3.8) is 0 Å². The molecule has 3 aliphatic heterocycles. The molecule has 3 aromatic carbocycles. The van der Waals surface area contributed by atoms with Gasteiger partial charge < -0.3 is 4.90 Å². The Morgan fingerprint density at radius 3 is 2.34 bits per heavy atom. The first-order valence-electron chi connectivity index (χ1n) is 19.9. The van der Waals surface area contributed by atoms with Gasteiger partial charge in [0.2, 0.25) is 0 Å². The van der Waals surface area contributed by atoms with E-state index in [4.69, 9.17) is 29.9 Å². The van der Waals surface area contributed by atoms with Crippen LogP contribution in [0.3, 0.4) is 0 Å². The lowest BCUT2D eigenvalue weighted by Crippen LogP contribution is -2.53. The van der Waals surface area contributed by atoms with Gasteiger partial charge in [0, 0.05) is 95.9 Å². The first-order valence-corrected chi connectivity index (χ1v) is 19.9. The number of aliphatic imine (C=N–C) groups is 3. The van der Waals surface area contributed by atoms with Crippen molar-refractivity contribution in [2.75, 3.05) is 6.54 Å². The van der Waals surface area contributed by atoms with Crippen molar-refractivity contribution >= 4 is 35.2 Å². The molecule has 0 saturated heterocycles. The van der Waals surface area contributed by atoms with Crippen molar-refractivity contribution < 1.29 is 0 Å². The zero-order valence-corrected chi connectivity index (χ0v) is 30.9. The molecule has 5 atom stereocenters. The standard InChI is InChI=1S/C47H39N9/c1-4-13-35(14-5-1)54-43(52-39-17-11-21-48-45(39)54)32-24-31(42-49-23-20-47(19-8-3-9-22-51-47)56(42)40-18-10-12-30-27-37(30)40)25-33(26-32)44-53-41-38-28-34(38)29-50-46(41)55(44)36-15-6-2-7-16-36/h1-8,10-18,21-22,24-26,29-30,34,37-38H,9,19-20,23,27-28H2. The number of para-hydroxylation sites is 2. The van der Waals surface area contributed by atoms with Crippen LogP contribution in [0.25, 0.3) is 45.3 Å².